The van der Waals surface area contributed by atoms with Crippen molar-refractivity contribution in [3.8, 4) is 5.69 Å². The molecule has 0 bridgehead atoms. The third-order valence-corrected chi connectivity index (χ3v) is 4.40. The Balaban J connectivity index is 1.82. The van der Waals surface area contributed by atoms with Crippen molar-refractivity contribution in [2.45, 2.75) is 27.7 Å². The van der Waals surface area contributed by atoms with Gasteiger partial charge in [-0.25, -0.2) is 4.98 Å². The average molecular weight is 363 g/mol. The molecule has 0 spiro atoms. The minimum absolute atomic E-state index is 0.0541. The van der Waals surface area contributed by atoms with Crippen molar-refractivity contribution in [3.63, 3.8) is 0 Å². The van der Waals surface area contributed by atoms with Crippen molar-refractivity contribution in [2.75, 3.05) is 5.43 Å². The van der Waals surface area contributed by atoms with Gasteiger partial charge < -0.3 is 4.57 Å². The van der Waals surface area contributed by atoms with E-state index in [0.717, 1.165) is 22.6 Å². The van der Waals surface area contributed by atoms with Crippen LogP contribution >= 0.6 is 0 Å². The molecule has 138 valence electrons. The van der Waals surface area contributed by atoms with Gasteiger partial charge in [-0.2, -0.15) is 5.10 Å². The topological polar surface area (TPSA) is 85.3 Å². The lowest BCUT2D eigenvalue weighted by atomic mass is 10.1. The highest BCUT2D eigenvalue weighted by molar-refractivity contribution is 5.82. The van der Waals surface area contributed by atoms with Crippen LogP contribution in [0.4, 0.5) is 11.5 Å². The van der Waals surface area contributed by atoms with Gasteiger partial charge in [0.25, 0.3) is 5.69 Å². The van der Waals surface area contributed by atoms with Crippen molar-refractivity contribution in [3.05, 3.63) is 80.8 Å². The molecule has 1 aromatic carbocycles. The van der Waals surface area contributed by atoms with Crippen molar-refractivity contribution < 1.29 is 4.92 Å². The predicted octanol–water partition coefficient (Wildman–Crippen LogP) is 4.46. The molecular weight excluding hydrogens is 342 g/mol. The van der Waals surface area contributed by atoms with Crippen LogP contribution in [0.15, 0.2) is 47.7 Å². The summed E-state index contributed by atoms with van der Waals surface area (Å²) in [5.41, 5.74) is 9.54. The van der Waals surface area contributed by atoms with Crippen molar-refractivity contribution in [2.24, 2.45) is 5.10 Å². The number of hydrazone groups is 1. The molecule has 0 fully saturated rings. The van der Waals surface area contributed by atoms with Gasteiger partial charge in [0, 0.05) is 28.7 Å². The molecule has 0 unspecified atom stereocenters. The number of hydrogen-bond acceptors (Lipinski definition) is 5. The lowest BCUT2D eigenvalue weighted by Gasteiger charge is -2.13. The van der Waals surface area contributed by atoms with Gasteiger partial charge >= 0.3 is 0 Å². The second-order valence-electron chi connectivity index (χ2n) is 6.48. The summed E-state index contributed by atoms with van der Waals surface area (Å²) < 4.78 is 2.21. The first kappa shape index (κ1) is 18.3. The molecule has 0 aliphatic heterocycles. The fourth-order valence-electron chi connectivity index (χ4n) is 3.07. The molecule has 0 atom stereocenters. The van der Waals surface area contributed by atoms with E-state index in [1.807, 2.05) is 0 Å². The van der Waals surface area contributed by atoms with Crippen LogP contribution in [0.25, 0.3) is 5.69 Å². The monoisotopic (exact) mass is 363 g/mol. The maximum Gasteiger partial charge on any atom is 0.287 e. The van der Waals surface area contributed by atoms with Crippen molar-refractivity contribution in [1.82, 2.24) is 9.55 Å². The molecule has 0 amide bonds. The summed E-state index contributed by atoms with van der Waals surface area (Å²) in [4.78, 5) is 14.1. The second kappa shape index (κ2) is 7.41. The minimum atomic E-state index is -0.484. The van der Waals surface area contributed by atoms with Gasteiger partial charge in [-0.3, -0.25) is 15.5 Å². The lowest BCUT2D eigenvalue weighted by Crippen LogP contribution is -2.02. The largest absolute Gasteiger partial charge is 0.318 e. The summed E-state index contributed by atoms with van der Waals surface area (Å²) in [6.07, 6.45) is 2.93. The van der Waals surface area contributed by atoms with E-state index in [-0.39, 0.29) is 5.69 Å². The molecule has 3 aromatic rings. The summed E-state index contributed by atoms with van der Waals surface area (Å²) in [5.74, 6) is 0.444. The fourth-order valence-corrected chi connectivity index (χ4v) is 3.07. The Labute approximate surface area is 157 Å². The molecule has 0 aliphatic carbocycles. The number of nitrogens with one attached hydrogen (secondary N) is 1. The van der Waals surface area contributed by atoms with Crippen LogP contribution in [0.5, 0.6) is 0 Å². The van der Waals surface area contributed by atoms with E-state index in [4.69, 9.17) is 0 Å². The molecule has 27 heavy (non-hydrogen) atoms. The first-order valence-corrected chi connectivity index (χ1v) is 8.53. The van der Waals surface area contributed by atoms with E-state index in [2.05, 4.69) is 72.0 Å². The summed E-state index contributed by atoms with van der Waals surface area (Å²) >= 11 is 0. The fraction of sp³-hybridized carbons (Fsp3) is 0.200. The molecule has 2 heterocycles. The molecule has 3 rings (SSSR count). The first-order valence-electron chi connectivity index (χ1n) is 8.53. The van der Waals surface area contributed by atoms with Gasteiger partial charge in [0.05, 0.1) is 11.1 Å². The van der Waals surface area contributed by atoms with E-state index in [0.29, 0.717) is 5.82 Å². The van der Waals surface area contributed by atoms with Gasteiger partial charge in [0.15, 0.2) is 0 Å². The number of nitrogens with zero attached hydrogens (tertiary/aromatic N) is 4. The summed E-state index contributed by atoms with van der Waals surface area (Å²) in [6, 6.07) is 11.4. The van der Waals surface area contributed by atoms with E-state index < -0.39 is 4.92 Å². The van der Waals surface area contributed by atoms with Crippen LogP contribution < -0.4 is 5.43 Å². The highest BCUT2D eigenvalue weighted by Gasteiger charge is 2.11. The van der Waals surface area contributed by atoms with Gasteiger partial charge in [-0.05, 0) is 51.5 Å². The quantitative estimate of drug-likeness (QED) is 0.412. The van der Waals surface area contributed by atoms with Crippen LogP contribution in [0.2, 0.25) is 0 Å². The number of anilines is 1. The van der Waals surface area contributed by atoms with Crippen molar-refractivity contribution >= 4 is 17.7 Å². The Morgan fingerprint density at radius 3 is 2.56 bits per heavy atom. The van der Waals surface area contributed by atoms with Gasteiger partial charge in [0.1, 0.15) is 12.0 Å². The smallest absolute Gasteiger partial charge is 0.287 e. The van der Waals surface area contributed by atoms with Crippen LogP contribution in [0, 0.1) is 37.8 Å². The molecule has 2 aromatic heterocycles. The van der Waals surface area contributed by atoms with Gasteiger partial charge in [0.2, 0.25) is 0 Å². The molecule has 0 radical (unpaired) electrons. The zero-order valence-corrected chi connectivity index (χ0v) is 15.7. The number of hydrogen-bond donors (Lipinski definition) is 1. The molecule has 7 nitrogen and oxygen atoms in total. The zero-order chi connectivity index (χ0) is 19.6. The maximum atomic E-state index is 10.7. The summed E-state index contributed by atoms with van der Waals surface area (Å²) in [7, 11) is 0. The average Bonchev–Trinajstić information content (AvgIpc) is 2.90. The third kappa shape index (κ3) is 3.87. The highest BCUT2D eigenvalue weighted by Crippen LogP contribution is 2.23. The third-order valence-electron chi connectivity index (χ3n) is 4.40. The standard InChI is InChI=1S/C20H21N5O2/c1-13-5-7-19(14(2)9-13)24-15(3)10-17(16(24)4)11-22-23-20-8-6-18(12-21-20)25(26)27/h5-12H,1-4H3,(H,21,23)/b22-11-. The predicted molar refractivity (Wildman–Crippen MR) is 107 cm³/mol. The molecule has 1 N–H and O–H groups in total. The molecule has 0 saturated carbocycles. The van der Waals surface area contributed by atoms with Crippen LogP contribution in [0.3, 0.4) is 0 Å². The Bertz CT molecular complexity index is 1020. The Kier molecular flexibility index (Phi) is 5.03. The van der Waals surface area contributed by atoms with E-state index >= 15 is 0 Å². The SMILES string of the molecule is Cc1ccc(-n2c(C)cc(/C=N\Nc3ccc([N+](=O)[O-])cn3)c2C)c(C)c1. The molecule has 7 heteroatoms. The van der Waals surface area contributed by atoms with Crippen LogP contribution in [-0.2, 0) is 0 Å². The van der Waals surface area contributed by atoms with Gasteiger partial charge in [-0.1, -0.05) is 17.7 Å². The number of benzene rings is 1. The second-order valence-corrected chi connectivity index (χ2v) is 6.48. The molecular formula is C20H21N5O2. The molecule has 0 aliphatic rings. The highest BCUT2D eigenvalue weighted by atomic mass is 16.6. The number of aryl methyl sites for hydroxylation is 3. The minimum Gasteiger partial charge on any atom is -0.318 e. The van der Waals surface area contributed by atoms with Crippen LogP contribution in [0.1, 0.15) is 28.1 Å². The van der Waals surface area contributed by atoms with E-state index in [9.17, 15) is 10.1 Å². The number of nitro groups is 1. The normalized spacial score (nSPS) is 11.1. The first-order chi connectivity index (χ1) is 12.9. The van der Waals surface area contributed by atoms with E-state index in [1.54, 1.807) is 6.21 Å². The van der Waals surface area contributed by atoms with Gasteiger partial charge in [-0.15, -0.1) is 0 Å². The zero-order valence-electron chi connectivity index (χ0n) is 15.7. The van der Waals surface area contributed by atoms with E-state index in [1.165, 1.54) is 29.5 Å². The Hall–Kier alpha value is -3.48. The summed E-state index contributed by atoms with van der Waals surface area (Å²) in [5, 5.41) is 14.9. The Morgan fingerprint density at radius 1 is 1.15 bits per heavy atom. The summed E-state index contributed by atoms with van der Waals surface area (Å²) in [6.45, 7) is 8.31. The number of aromatic nitrogens is 2. The van der Waals surface area contributed by atoms with Crippen LogP contribution in [-0.4, -0.2) is 20.7 Å². The number of rotatable bonds is 5. The maximum absolute atomic E-state index is 10.7. The lowest BCUT2D eigenvalue weighted by molar-refractivity contribution is -0.385. The number of pyridine rings is 1. The Morgan fingerprint density at radius 2 is 1.93 bits per heavy atom. The van der Waals surface area contributed by atoms with Crippen molar-refractivity contribution in [1.29, 1.82) is 0 Å². The molecule has 0 saturated heterocycles.